The number of aromatic carboxylic acids is 1. The number of hydrogen-bond donors (Lipinski definition) is 3. The zero-order valence-electron chi connectivity index (χ0n) is 10.3. The van der Waals surface area contributed by atoms with Gasteiger partial charge in [0.2, 0.25) is 0 Å². The summed E-state index contributed by atoms with van der Waals surface area (Å²) in [5.74, 6) is -0.455. The number of thioether (sulfide) groups is 1. The lowest BCUT2D eigenvalue weighted by Crippen LogP contribution is -2.40. The molecule has 0 unspecified atom stereocenters. The van der Waals surface area contributed by atoms with E-state index in [4.69, 9.17) is 10.8 Å². The number of aromatic nitrogens is 1. The van der Waals surface area contributed by atoms with Gasteiger partial charge in [-0.25, -0.2) is 9.78 Å². The van der Waals surface area contributed by atoms with Gasteiger partial charge in [0, 0.05) is 11.3 Å². The summed E-state index contributed by atoms with van der Waals surface area (Å²) in [6, 6.07) is 1.49. The minimum absolute atomic E-state index is 0.0966. The van der Waals surface area contributed by atoms with E-state index in [0.29, 0.717) is 5.82 Å². The fraction of sp³-hybridized carbons (Fsp3) is 0.500. The molecule has 1 heterocycles. The fourth-order valence-corrected chi connectivity index (χ4v) is 2.94. The van der Waals surface area contributed by atoms with Gasteiger partial charge in [0.15, 0.2) is 0 Å². The van der Waals surface area contributed by atoms with Crippen LogP contribution in [-0.4, -0.2) is 33.6 Å². The first-order chi connectivity index (χ1) is 8.56. The van der Waals surface area contributed by atoms with Crippen LogP contribution < -0.4 is 11.1 Å². The maximum atomic E-state index is 11.0. The number of anilines is 2. The molecule has 0 saturated heterocycles. The largest absolute Gasteiger partial charge is 0.478 e. The molecule has 2 rings (SSSR count). The quantitative estimate of drug-likeness (QED) is 0.757. The molecule has 1 fully saturated rings. The summed E-state index contributed by atoms with van der Waals surface area (Å²) in [5, 5.41) is 12.2. The Balaban J connectivity index is 2.06. The second-order valence-corrected chi connectivity index (χ2v) is 5.83. The zero-order valence-corrected chi connectivity index (χ0v) is 11.1. The summed E-state index contributed by atoms with van der Waals surface area (Å²) in [7, 11) is 0. The molecule has 0 aromatic carbocycles. The first-order valence-corrected chi connectivity index (χ1v) is 7.07. The third kappa shape index (κ3) is 2.53. The molecule has 6 heteroatoms. The van der Waals surface area contributed by atoms with Gasteiger partial charge in [-0.15, -0.1) is 0 Å². The third-order valence-corrected chi connectivity index (χ3v) is 4.87. The van der Waals surface area contributed by atoms with E-state index in [1.165, 1.54) is 31.5 Å². The first-order valence-electron chi connectivity index (χ1n) is 5.84. The molecule has 4 N–H and O–H groups in total. The average molecular weight is 267 g/mol. The van der Waals surface area contributed by atoms with Crippen molar-refractivity contribution in [2.24, 2.45) is 0 Å². The van der Waals surface area contributed by atoms with E-state index in [1.807, 2.05) is 11.8 Å². The molecule has 18 heavy (non-hydrogen) atoms. The summed E-state index contributed by atoms with van der Waals surface area (Å²) in [6.45, 7) is 0.810. The Morgan fingerprint density at radius 2 is 2.39 bits per heavy atom. The third-order valence-electron chi connectivity index (χ3n) is 3.45. The molecule has 0 aliphatic heterocycles. The van der Waals surface area contributed by atoms with Gasteiger partial charge in [0.25, 0.3) is 0 Å². The van der Waals surface area contributed by atoms with Crippen LogP contribution in [0.1, 0.15) is 29.6 Å². The lowest BCUT2D eigenvalue weighted by molar-refractivity contribution is 0.0698. The molecule has 0 atom stereocenters. The Kier molecular flexibility index (Phi) is 3.65. The van der Waals surface area contributed by atoms with Crippen LogP contribution in [0.5, 0.6) is 0 Å². The number of rotatable bonds is 5. The molecular weight excluding hydrogens is 250 g/mol. The second-order valence-electron chi connectivity index (χ2n) is 4.56. The van der Waals surface area contributed by atoms with E-state index in [9.17, 15) is 4.79 Å². The first kappa shape index (κ1) is 13.0. The van der Waals surface area contributed by atoms with Crippen molar-refractivity contribution in [3.8, 4) is 0 Å². The molecule has 1 saturated carbocycles. The van der Waals surface area contributed by atoms with Crippen molar-refractivity contribution in [1.82, 2.24) is 4.98 Å². The number of nitrogens with zero attached hydrogens (tertiary/aromatic N) is 1. The van der Waals surface area contributed by atoms with Crippen molar-refractivity contribution >= 4 is 29.2 Å². The number of carboxylic acids is 1. The molecule has 0 amide bonds. The maximum absolute atomic E-state index is 11.0. The summed E-state index contributed by atoms with van der Waals surface area (Å²) in [6.07, 6.45) is 7.15. The Hall–Kier alpha value is -1.43. The van der Waals surface area contributed by atoms with E-state index >= 15 is 0 Å². The summed E-state index contributed by atoms with van der Waals surface area (Å²) in [5.41, 5.74) is 5.85. The van der Waals surface area contributed by atoms with Crippen molar-refractivity contribution in [2.75, 3.05) is 23.9 Å². The minimum Gasteiger partial charge on any atom is -0.478 e. The molecule has 0 radical (unpaired) electrons. The Morgan fingerprint density at radius 1 is 1.67 bits per heavy atom. The normalized spacial score (nSPS) is 16.9. The molecule has 1 aliphatic rings. The van der Waals surface area contributed by atoms with E-state index in [0.717, 1.165) is 6.54 Å². The topological polar surface area (TPSA) is 88.2 Å². The molecule has 1 aromatic heterocycles. The van der Waals surface area contributed by atoms with Gasteiger partial charge in [-0.2, -0.15) is 11.8 Å². The van der Waals surface area contributed by atoms with Crippen LogP contribution in [0.4, 0.5) is 11.5 Å². The Bertz CT molecular complexity index is 455. The van der Waals surface area contributed by atoms with E-state index in [-0.39, 0.29) is 16.0 Å². The molecule has 98 valence electrons. The fourth-order valence-electron chi connectivity index (χ4n) is 2.02. The van der Waals surface area contributed by atoms with Crippen molar-refractivity contribution in [2.45, 2.75) is 24.0 Å². The van der Waals surface area contributed by atoms with Crippen molar-refractivity contribution < 1.29 is 9.90 Å². The number of carbonyl (C=O) groups is 1. The Morgan fingerprint density at radius 3 is 2.89 bits per heavy atom. The molecule has 5 nitrogen and oxygen atoms in total. The van der Waals surface area contributed by atoms with Crippen LogP contribution in [0, 0.1) is 0 Å². The predicted octanol–water partition coefficient (Wildman–Crippen LogP) is 2.06. The lowest BCUT2D eigenvalue weighted by atomic mass is 9.84. The second kappa shape index (κ2) is 5.06. The van der Waals surface area contributed by atoms with E-state index < -0.39 is 5.97 Å². The highest BCUT2D eigenvalue weighted by atomic mass is 32.2. The lowest BCUT2D eigenvalue weighted by Gasteiger charge is -2.40. The van der Waals surface area contributed by atoms with Gasteiger partial charge < -0.3 is 16.2 Å². The number of hydrogen-bond acceptors (Lipinski definition) is 5. The van der Waals surface area contributed by atoms with Crippen LogP contribution in [0.2, 0.25) is 0 Å². The summed E-state index contributed by atoms with van der Waals surface area (Å²) in [4.78, 5) is 15.1. The Labute approximate surface area is 110 Å². The number of nitrogens with one attached hydrogen (secondary N) is 1. The average Bonchev–Trinajstić information content (AvgIpc) is 2.30. The number of nitrogen functional groups attached to an aromatic ring is 1. The smallest absolute Gasteiger partial charge is 0.337 e. The molecule has 0 bridgehead atoms. The SMILES string of the molecule is CSC1(CNc2cc(C(=O)O)c(N)cn2)CCC1. The standard InChI is InChI=1S/C12H17N3O2S/c1-18-12(3-2-4-12)7-15-10-5-8(11(16)17)9(13)6-14-10/h5-6H,2-4,7,13H2,1H3,(H,14,15)(H,16,17). The van der Waals surface area contributed by atoms with Gasteiger partial charge in [-0.3, -0.25) is 0 Å². The van der Waals surface area contributed by atoms with Crippen molar-refractivity contribution in [3.63, 3.8) is 0 Å². The zero-order chi connectivity index (χ0) is 13.2. The van der Waals surface area contributed by atoms with Crippen LogP contribution >= 0.6 is 11.8 Å². The summed E-state index contributed by atoms with van der Waals surface area (Å²) >= 11 is 1.86. The molecular formula is C12H17N3O2S. The maximum Gasteiger partial charge on any atom is 0.337 e. The molecule has 1 aromatic rings. The summed E-state index contributed by atoms with van der Waals surface area (Å²) < 4.78 is 0.284. The van der Waals surface area contributed by atoms with Gasteiger partial charge in [0.05, 0.1) is 17.4 Å². The minimum atomic E-state index is -1.03. The van der Waals surface area contributed by atoms with Crippen molar-refractivity contribution in [3.05, 3.63) is 17.8 Å². The van der Waals surface area contributed by atoms with Gasteiger partial charge in [-0.05, 0) is 25.2 Å². The number of carboxylic acid groups (broad SMARTS) is 1. The molecule has 0 spiro atoms. The van der Waals surface area contributed by atoms with Crippen LogP contribution in [0.25, 0.3) is 0 Å². The van der Waals surface area contributed by atoms with Crippen LogP contribution in [-0.2, 0) is 0 Å². The van der Waals surface area contributed by atoms with Crippen LogP contribution in [0.3, 0.4) is 0 Å². The van der Waals surface area contributed by atoms with Gasteiger partial charge >= 0.3 is 5.97 Å². The number of pyridine rings is 1. The predicted molar refractivity (Wildman–Crippen MR) is 74.2 cm³/mol. The molecule has 1 aliphatic carbocycles. The van der Waals surface area contributed by atoms with Gasteiger partial charge in [0.1, 0.15) is 5.82 Å². The van der Waals surface area contributed by atoms with E-state index in [1.54, 1.807) is 0 Å². The highest BCUT2D eigenvalue weighted by Crippen LogP contribution is 2.42. The number of nitrogens with two attached hydrogens (primary N) is 1. The highest BCUT2D eigenvalue weighted by molar-refractivity contribution is 8.00. The van der Waals surface area contributed by atoms with Crippen LogP contribution in [0.15, 0.2) is 12.3 Å². The van der Waals surface area contributed by atoms with Crippen molar-refractivity contribution in [1.29, 1.82) is 0 Å². The van der Waals surface area contributed by atoms with E-state index in [2.05, 4.69) is 16.6 Å². The van der Waals surface area contributed by atoms with Gasteiger partial charge in [-0.1, -0.05) is 6.42 Å². The highest BCUT2D eigenvalue weighted by Gasteiger charge is 2.35. The monoisotopic (exact) mass is 267 g/mol.